The summed E-state index contributed by atoms with van der Waals surface area (Å²) < 4.78 is 11.1. The number of para-hydroxylation sites is 2. The number of nitrogens with zero attached hydrogens (tertiary/aromatic N) is 2. The van der Waals surface area contributed by atoms with Gasteiger partial charge in [-0.3, -0.25) is 4.98 Å². The number of ether oxygens (including phenoxy) is 2. The summed E-state index contributed by atoms with van der Waals surface area (Å²) in [5, 5.41) is 3.23. The monoisotopic (exact) mass is 257 g/mol. The Balaban J connectivity index is 1.90. The van der Waals surface area contributed by atoms with E-state index in [9.17, 15) is 0 Å². The van der Waals surface area contributed by atoms with Gasteiger partial charge in [0.1, 0.15) is 5.69 Å². The maximum atomic E-state index is 5.86. The Labute approximate surface area is 111 Å². The van der Waals surface area contributed by atoms with E-state index in [-0.39, 0.29) is 0 Å². The van der Waals surface area contributed by atoms with Gasteiger partial charge in [0.15, 0.2) is 11.5 Å². The van der Waals surface area contributed by atoms with Crippen molar-refractivity contribution in [1.82, 2.24) is 15.3 Å². The summed E-state index contributed by atoms with van der Waals surface area (Å²) in [6, 6.07) is 7.52. The second-order valence-corrected chi connectivity index (χ2v) is 4.35. The fourth-order valence-corrected chi connectivity index (χ4v) is 1.98. The van der Waals surface area contributed by atoms with Gasteiger partial charge in [-0.1, -0.05) is 12.1 Å². The molecule has 0 spiro atoms. The lowest BCUT2D eigenvalue weighted by Gasteiger charge is -2.27. The zero-order valence-corrected chi connectivity index (χ0v) is 10.7. The second kappa shape index (κ2) is 5.24. The summed E-state index contributed by atoms with van der Waals surface area (Å²) in [6.45, 7) is 1.84. The molecule has 5 heteroatoms. The van der Waals surface area contributed by atoms with Gasteiger partial charge in [0, 0.05) is 31.4 Å². The van der Waals surface area contributed by atoms with E-state index in [0.29, 0.717) is 23.3 Å². The molecular weight excluding hydrogens is 242 g/mol. The lowest BCUT2D eigenvalue weighted by Crippen LogP contribution is -2.40. The normalized spacial score (nSPS) is 14.8. The molecule has 0 atom stereocenters. The number of hydrogen-bond acceptors (Lipinski definition) is 5. The first-order chi connectivity index (χ1) is 9.38. The van der Waals surface area contributed by atoms with Gasteiger partial charge in [-0.05, 0) is 12.1 Å². The van der Waals surface area contributed by atoms with E-state index < -0.39 is 0 Å². The zero-order chi connectivity index (χ0) is 13.1. The number of aromatic nitrogens is 2. The quantitative estimate of drug-likeness (QED) is 0.907. The summed E-state index contributed by atoms with van der Waals surface area (Å²) in [4.78, 5) is 8.67. The van der Waals surface area contributed by atoms with Crippen molar-refractivity contribution in [2.45, 2.75) is 5.92 Å². The van der Waals surface area contributed by atoms with E-state index in [0.717, 1.165) is 18.8 Å². The van der Waals surface area contributed by atoms with Crippen LogP contribution in [-0.2, 0) is 0 Å². The van der Waals surface area contributed by atoms with E-state index in [2.05, 4.69) is 15.3 Å². The molecule has 19 heavy (non-hydrogen) atoms. The molecule has 1 saturated heterocycles. The summed E-state index contributed by atoms with van der Waals surface area (Å²) in [7, 11) is 1.62. The summed E-state index contributed by atoms with van der Waals surface area (Å²) >= 11 is 0. The standard InChI is InChI=1S/C14H15N3O2/c1-18-11-4-2-3-5-12(11)19-14-13(10-8-15-9-10)16-6-7-17-14/h2-7,10,15H,8-9H2,1H3. The van der Waals surface area contributed by atoms with Gasteiger partial charge < -0.3 is 14.8 Å². The van der Waals surface area contributed by atoms with Crippen LogP contribution >= 0.6 is 0 Å². The highest BCUT2D eigenvalue weighted by Crippen LogP contribution is 2.33. The minimum absolute atomic E-state index is 0.374. The smallest absolute Gasteiger partial charge is 0.241 e. The van der Waals surface area contributed by atoms with Crippen LogP contribution in [0.25, 0.3) is 0 Å². The van der Waals surface area contributed by atoms with Crippen molar-refractivity contribution in [3.05, 3.63) is 42.4 Å². The number of rotatable bonds is 4. The van der Waals surface area contributed by atoms with Crippen LogP contribution in [0, 0.1) is 0 Å². The SMILES string of the molecule is COc1ccccc1Oc1nccnc1C1CNC1. The number of hydrogen-bond donors (Lipinski definition) is 1. The Morgan fingerprint density at radius 3 is 2.53 bits per heavy atom. The molecule has 98 valence electrons. The van der Waals surface area contributed by atoms with Crippen LogP contribution < -0.4 is 14.8 Å². The summed E-state index contributed by atoms with van der Waals surface area (Å²) in [5.74, 6) is 2.27. The van der Waals surface area contributed by atoms with Crippen LogP contribution in [0.5, 0.6) is 17.4 Å². The van der Waals surface area contributed by atoms with Crippen molar-refractivity contribution in [2.75, 3.05) is 20.2 Å². The van der Waals surface area contributed by atoms with Crippen molar-refractivity contribution >= 4 is 0 Å². The predicted molar refractivity (Wildman–Crippen MR) is 70.7 cm³/mol. The third-order valence-electron chi connectivity index (χ3n) is 3.14. The van der Waals surface area contributed by atoms with Crippen molar-refractivity contribution in [1.29, 1.82) is 0 Å². The van der Waals surface area contributed by atoms with Crippen LogP contribution in [-0.4, -0.2) is 30.2 Å². The Morgan fingerprint density at radius 1 is 1.11 bits per heavy atom. The third-order valence-corrected chi connectivity index (χ3v) is 3.14. The first-order valence-corrected chi connectivity index (χ1v) is 6.21. The molecule has 2 heterocycles. The van der Waals surface area contributed by atoms with Gasteiger partial charge in [-0.2, -0.15) is 0 Å². The van der Waals surface area contributed by atoms with Gasteiger partial charge in [0.25, 0.3) is 0 Å². The predicted octanol–water partition coefficient (Wildman–Crippen LogP) is 1.96. The molecule has 0 radical (unpaired) electrons. The highest BCUT2D eigenvalue weighted by Gasteiger charge is 2.25. The molecule has 0 amide bonds. The van der Waals surface area contributed by atoms with Crippen molar-refractivity contribution in [2.24, 2.45) is 0 Å². The Kier molecular flexibility index (Phi) is 3.29. The van der Waals surface area contributed by atoms with Gasteiger partial charge in [-0.25, -0.2) is 4.98 Å². The van der Waals surface area contributed by atoms with Crippen molar-refractivity contribution in [3.63, 3.8) is 0 Å². The minimum Gasteiger partial charge on any atom is -0.493 e. The minimum atomic E-state index is 0.374. The molecule has 1 fully saturated rings. The first-order valence-electron chi connectivity index (χ1n) is 6.21. The number of nitrogens with one attached hydrogen (secondary N) is 1. The molecular formula is C14H15N3O2. The average Bonchev–Trinajstić information content (AvgIpc) is 2.40. The van der Waals surface area contributed by atoms with Gasteiger partial charge in [-0.15, -0.1) is 0 Å². The van der Waals surface area contributed by atoms with E-state index in [1.54, 1.807) is 19.5 Å². The lowest BCUT2D eigenvalue weighted by molar-refractivity contribution is 0.362. The van der Waals surface area contributed by atoms with E-state index in [1.165, 1.54) is 0 Å². The molecule has 0 unspecified atom stereocenters. The lowest BCUT2D eigenvalue weighted by atomic mass is 9.99. The number of benzene rings is 1. The maximum absolute atomic E-state index is 5.86. The fraction of sp³-hybridized carbons (Fsp3) is 0.286. The Hall–Kier alpha value is -2.14. The van der Waals surface area contributed by atoms with Gasteiger partial charge in [0.05, 0.1) is 7.11 Å². The molecule has 5 nitrogen and oxygen atoms in total. The van der Waals surface area contributed by atoms with Crippen LogP contribution in [0.1, 0.15) is 11.6 Å². The van der Waals surface area contributed by atoms with Gasteiger partial charge >= 0.3 is 0 Å². The summed E-state index contributed by atoms with van der Waals surface area (Å²) in [5.41, 5.74) is 0.896. The molecule has 1 aromatic carbocycles. The van der Waals surface area contributed by atoms with E-state index in [1.807, 2.05) is 24.3 Å². The largest absolute Gasteiger partial charge is 0.493 e. The molecule has 1 aromatic heterocycles. The van der Waals surface area contributed by atoms with Crippen molar-refractivity contribution < 1.29 is 9.47 Å². The number of methoxy groups -OCH3 is 1. The second-order valence-electron chi connectivity index (χ2n) is 4.35. The Morgan fingerprint density at radius 2 is 1.84 bits per heavy atom. The molecule has 1 N–H and O–H groups in total. The Bertz CT molecular complexity index is 570. The van der Waals surface area contributed by atoms with Crippen molar-refractivity contribution in [3.8, 4) is 17.4 Å². The first kappa shape index (κ1) is 11.9. The summed E-state index contributed by atoms with van der Waals surface area (Å²) in [6.07, 6.45) is 3.34. The highest BCUT2D eigenvalue weighted by atomic mass is 16.5. The van der Waals surface area contributed by atoms with E-state index >= 15 is 0 Å². The van der Waals surface area contributed by atoms with Crippen LogP contribution in [0.3, 0.4) is 0 Å². The molecule has 3 rings (SSSR count). The van der Waals surface area contributed by atoms with Gasteiger partial charge in [0.2, 0.25) is 5.88 Å². The molecule has 1 aliphatic heterocycles. The molecule has 0 aliphatic carbocycles. The topological polar surface area (TPSA) is 56.3 Å². The molecule has 0 saturated carbocycles. The van der Waals surface area contributed by atoms with E-state index in [4.69, 9.17) is 9.47 Å². The molecule has 1 aliphatic rings. The van der Waals surface area contributed by atoms with Crippen LogP contribution in [0.4, 0.5) is 0 Å². The molecule has 0 bridgehead atoms. The zero-order valence-electron chi connectivity index (χ0n) is 10.7. The third kappa shape index (κ3) is 2.37. The fourth-order valence-electron chi connectivity index (χ4n) is 1.98. The molecule has 2 aromatic rings. The van der Waals surface area contributed by atoms with Crippen LogP contribution in [0.2, 0.25) is 0 Å². The maximum Gasteiger partial charge on any atom is 0.241 e. The average molecular weight is 257 g/mol. The van der Waals surface area contributed by atoms with Crippen LogP contribution in [0.15, 0.2) is 36.7 Å². The highest BCUT2D eigenvalue weighted by molar-refractivity contribution is 5.42.